The maximum atomic E-state index is 12.8. The fourth-order valence-electron chi connectivity index (χ4n) is 4.10. The lowest BCUT2D eigenvalue weighted by molar-refractivity contribution is 0.257. The molecule has 0 saturated heterocycles. The summed E-state index contributed by atoms with van der Waals surface area (Å²) in [5.74, 6) is 1.82. The normalized spacial score (nSPS) is 23.3. The average molecular weight is 374 g/mol. The number of nitrogens with one attached hydrogen (secondary N) is 2. The van der Waals surface area contributed by atoms with E-state index in [1.165, 1.54) is 5.56 Å². The molecule has 0 bridgehead atoms. The van der Waals surface area contributed by atoms with E-state index in [0.717, 1.165) is 23.3 Å². The van der Waals surface area contributed by atoms with Crippen molar-refractivity contribution in [2.24, 2.45) is 5.10 Å². The van der Waals surface area contributed by atoms with Crippen molar-refractivity contribution in [2.45, 2.75) is 38.1 Å². The van der Waals surface area contributed by atoms with Crippen molar-refractivity contribution in [2.75, 3.05) is 6.61 Å². The van der Waals surface area contributed by atoms with E-state index in [2.05, 4.69) is 41.5 Å². The maximum absolute atomic E-state index is 12.8. The molecular formula is C22H22N4O2. The fourth-order valence-corrected chi connectivity index (χ4v) is 4.10. The minimum Gasteiger partial charge on any atom is -0.493 e. The highest BCUT2D eigenvalue weighted by Crippen LogP contribution is 2.32. The Morgan fingerprint density at radius 1 is 1.18 bits per heavy atom. The number of hydrazone groups is 1. The summed E-state index contributed by atoms with van der Waals surface area (Å²) in [5.41, 5.74) is 7.10. The van der Waals surface area contributed by atoms with Gasteiger partial charge in [-0.1, -0.05) is 23.8 Å². The van der Waals surface area contributed by atoms with E-state index in [4.69, 9.17) is 9.72 Å². The minimum absolute atomic E-state index is 0.0391. The molecule has 0 amide bonds. The van der Waals surface area contributed by atoms with Gasteiger partial charge in [-0.3, -0.25) is 4.79 Å². The van der Waals surface area contributed by atoms with Crippen LogP contribution in [0.4, 0.5) is 0 Å². The number of fused-ring (bicyclic) bond motifs is 2. The van der Waals surface area contributed by atoms with Crippen molar-refractivity contribution in [3.63, 3.8) is 0 Å². The first-order chi connectivity index (χ1) is 13.6. The van der Waals surface area contributed by atoms with Crippen LogP contribution in [0.3, 0.4) is 0 Å². The van der Waals surface area contributed by atoms with Crippen LogP contribution in [-0.2, 0) is 6.42 Å². The van der Waals surface area contributed by atoms with Crippen LogP contribution in [0, 0.1) is 6.92 Å². The first kappa shape index (κ1) is 17.0. The molecule has 2 aliphatic heterocycles. The standard InChI is InChI=1S/C22H22N4O2/c1-12-3-6-20-15(7-12)8-16(11-28-20)21-24-19-5-4-14(9-17(19)22(27)25-21)18-10-23-26-13(18)2/h3-7,9-10,13,16,18,26H,8,11H2,1-2H3,(H,24,25,27). The van der Waals surface area contributed by atoms with E-state index in [1.807, 2.05) is 30.5 Å². The van der Waals surface area contributed by atoms with Crippen LogP contribution in [0.25, 0.3) is 10.9 Å². The van der Waals surface area contributed by atoms with Gasteiger partial charge in [0.05, 0.1) is 29.5 Å². The van der Waals surface area contributed by atoms with Gasteiger partial charge in [-0.2, -0.15) is 5.10 Å². The van der Waals surface area contributed by atoms with Gasteiger partial charge in [-0.25, -0.2) is 4.98 Å². The molecule has 0 radical (unpaired) electrons. The number of aryl methyl sites for hydroxylation is 1. The Morgan fingerprint density at radius 2 is 2.07 bits per heavy atom. The van der Waals surface area contributed by atoms with Crippen molar-refractivity contribution in [1.29, 1.82) is 0 Å². The van der Waals surface area contributed by atoms with Crippen LogP contribution in [0.1, 0.15) is 41.3 Å². The number of hydrogen-bond donors (Lipinski definition) is 2. The third-order valence-corrected chi connectivity index (χ3v) is 5.69. The van der Waals surface area contributed by atoms with Gasteiger partial charge < -0.3 is 15.1 Å². The monoisotopic (exact) mass is 374 g/mol. The zero-order chi connectivity index (χ0) is 19.3. The summed E-state index contributed by atoms with van der Waals surface area (Å²) in [6, 6.07) is 12.3. The van der Waals surface area contributed by atoms with Crippen LogP contribution in [0.5, 0.6) is 5.75 Å². The summed E-state index contributed by atoms with van der Waals surface area (Å²) in [6.45, 7) is 4.67. The molecule has 3 heterocycles. The van der Waals surface area contributed by atoms with Gasteiger partial charge in [-0.15, -0.1) is 0 Å². The number of aromatic nitrogens is 2. The molecule has 2 N–H and O–H groups in total. The first-order valence-electron chi connectivity index (χ1n) is 9.63. The molecule has 6 heteroatoms. The molecule has 3 aromatic rings. The summed E-state index contributed by atoms with van der Waals surface area (Å²) >= 11 is 0. The Hall–Kier alpha value is -3.15. The minimum atomic E-state index is -0.104. The van der Waals surface area contributed by atoms with Gasteiger partial charge in [0.2, 0.25) is 0 Å². The van der Waals surface area contributed by atoms with E-state index in [0.29, 0.717) is 23.3 Å². The van der Waals surface area contributed by atoms with Gasteiger partial charge >= 0.3 is 0 Å². The van der Waals surface area contributed by atoms with Crippen LogP contribution in [-0.4, -0.2) is 28.8 Å². The third-order valence-electron chi connectivity index (χ3n) is 5.69. The molecule has 1 aromatic heterocycles. The van der Waals surface area contributed by atoms with Crippen molar-refractivity contribution >= 4 is 17.1 Å². The van der Waals surface area contributed by atoms with Crippen molar-refractivity contribution in [3.05, 3.63) is 69.3 Å². The zero-order valence-electron chi connectivity index (χ0n) is 15.9. The predicted molar refractivity (Wildman–Crippen MR) is 109 cm³/mol. The topological polar surface area (TPSA) is 79.4 Å². The fraction of sp³-hybridized carbons (Fsp3) is 0.318. The quantitative estimate of drug-likeness (QED) is 0.723. The number of H-pyrrole nitrogens is 1. The second kappa shape index (κ2) is 6.48. The van der Waals surface area contributed by atoms with Gasteiger partial charge in [0.1, 0.15) is 11.6 Å². The van der Waals surface area contributed by atoms with E-state index in [-0.39, 0.29) is 23.4 Å². The molecule has 2 aliphatic rings. The van der Waals surface area contributed by atoms with E-state index in [9.17, 15) is 4.79 Å². The van der Waals surface area contributed by atoms with Crippen LogP contribution in [0.2, 0.25) is 0 Å². The van der Waals surface area contributed by atoms with Crippen LogP contribution in [0.15, 0.2) is 46.3 Å². The summed E-state index contributed by atoms with van der Waals surface area (Å²) in [4.78, 5) is 20.6. The molecule has 6 nitrogen and oxygen atoms in total. The molecular weight excluding hydrogens is 352 g/mol. The lowest BCUT2D eigenvalue weighted by Gasteiger charge is -2.25. The Morgan fingerprint density at radius 3 is 2.89 bits per heavy atom. The summed E-state index contributed by atoms with van der Waals surface area (Å²) in [6.07, 6.45) is 2.70. The largest absolute Gasteiger partial charge is 0.493 e. The SMILES string of the molecule is Cc1ccc2c(c1)CC(c1nc3ccc(C4C=NNC4C)cc3c(=O)[nH]1)CO2. The lowest BCUT2D eigenvalue weighted by Crippen LogP contribution is -2.24. The first-order valence-corrected chi connectivity index (χ1v) is 9.63. The number of rotatable bonds is 2. The van der Waals surface area contributed by atoms with Crippen molar-refractivity contribution < 1.29 is 4.74 Å². The predicted octanol–water partition coefficient (Wildman–Crippen LogP) is 3.01. The maximum Gasteiger partial charge on any atom is 0.258 e. The molecule has 0 spiro atoms. The molecule has 0 aliphatic carbocycles. The van der Waals surface area contributed by atoms with Crippen LogP contribution >= 0.6 is 0 Å². The van der Waals surface area contributed by atoms with Crippen LogP contribution < -0.4 is 15.7 Å². The van der Waals surface area contributed by atoms with Gasteiger partial charge in [0.25, 0.3) is 5.56 Å². The van der Waals surface area contributed by atoms with E-state index < -0.39 is 0 Å². The van der Waals surface area contributed by atoms with Gasteiger partial charge in [-0.05, 0) is 49.6 Å². The molecule has 5 rings (SSSR count). The number of benzene rings is 2. The van der Waals surface area contributed by atoms with E-state index >= 15 is 0 Å². The lowest BCUT2D eigenvalue weighted by atomic mass is 9.93. The molecule has 142 valence electrons. The molecule has 3 unspecified atom stereocenters. The van der Waals surface area contributed by atoms with Crippen molar-refractivity contribution in [3.8, 4) is 5.75 Å². The highest BCUT2D eigenvalue weighted by molar-refractivity contribution is 5.81. The number of ether oxygens (including phenoxy) is 1. The third kappa shape index (κ3) is 2.85. The summed E-state index contributed by atoms with van der Waals surface area (Å²) < 4.78 is 5.91. The van der Waals surface area contributed by atoms with Gasteiger partial charge in [0, 0.05) is 12.1 Å². The second-order valence-corrected chi connectivity index (χ2v) is 7.77. The zero-order valence-corrected chi connectivity index (χ0v) is 15.9. The highest BCUT2D eigenvalue weighted by Gasteiger charge is 2.25. The van der Waals surface area contributed by atoms with E-state index in [1.54, 1.807) is 0 Å². The Kier molecular flexibility index (Phi) is 3.93. The molecule has 2 aromatic carbocycles. The number of aromatic amines is 1. The molecule has 3 atom stereocenters. The average Bonchev–Trinajstić information content (AvgIpc) is 3.13. The molecule has 0 saturated carbocycles. The Bertz CT molecular complexity index is 1150. The Labute approximate surface area is 162 Å². The number of hydrogen-bond acceptors (Lipinski definition) is 5. The smallest absolute Gasteiger partial charge is 0.258 e. The molecule has 0 fully saturated rings. The summed E-state index contributed by atoms with van der Waals surface area (Å²) in [7, 11) is 0. The number of nitrogens with zero attached hydrogens (tertiary/aromatic N) is 2. The summed E-state index contributed by atoms with van der Waals surface area (Å²) in [5, 5.41) is 4.75. The Balaban J connectivity index is 1.50. The second-order valence-electron chi connectivity index (χ2n) is 7.77. The van der Waals surface area contributed by atoms with Crippen molar-refractivity contribution in [1.82, 2.24) is 15.4 Å². The van der Waals surface area contributed by atoms with Gasteiger partial charge in [0.15, 0.2) is 0 Å². The highest BCUT2D eigenvalue weighted by atomic mass is 16.5. The molecule has 28 heavy (non-hydrogen) atoms.